The van der Waals surface area contributed by atoms with Crippen molar-refractivity contribution in [1.29, 1.82) is 0 Å². The van der Waals surface area contributed by atoms with E-state index >= 15 is 0 Å². The van der Waals surface area contributed by atoms with Gasteiger partial charge in [0.1, 0.15) is 16.5 Å². The van der Waals surface area contributed by atoms with Gasteiger partial charge in [-0.05, 0) is 49.8 Å². The average molecular weight is 541 g/mol. The van der Waals surface area contributed by atoms with Crippen LogP contribution in [0.2, 0.25) is 5.02 Å². The van der Waals surface area contributed by atoms with Gasteiger partial charge in [-0.1, -0.05) is 31.2 Å². The summed E-state index contributed by atoms with van der Waals surface area (Å²) < 4.78 is 50.2. The molecule has 37 heavy (non-hydrogen) atoms. The van der Waals surface area contributed by atoms with E-state index in [2.05, 4.69) is 28.0 Å². The van der Waals surface area contributed by atoms with E-state index in [0.717, 1.165) is 56.2 Å². The Bertz CT molecular complexity index is 1190. The number of ether oxygens (including phenoxy) is 2. The fourth-order valence-corrected chi connectivity index (χ4v) is 4.46. The standard InChI is InChI=1S/C26H32ClF3N4O3/c1-5-8-21(23(7-3)36-17-6-2)33-15-13-32(14-16-33)18-22-24(27)25(35)34(31(22)4)19-9-11-20(12-10-19)37-26(28,29)30/h5,7-12H,1,6,13-18H2,2-4H3/b21-8+,23-7+. The second-order valence-corrected chi connectivity index (χ2v) is 8.87. The molecule has 0 atom stereocenters. The maximum atomic E-state index is 12.9. The molecular weight excluding hydrogens is 509 g/mol. The van der Waals surface area contributed by atoms with E-state index in [1.807, 2.05) is 19.1 Å². The number of nitrogens with zero attached hydrogens (tertiary/aromatic N) is 4. The highest BCUT2D eigenvalue weighted by Crippen LogP contribution is 2.25. The van der Waals surface area contributed by atoms with Crippen LogP contribution in [0.3, 0.4) is 0 Å². The maximum absolute atomic E-state index is 12.9. The zero-order valence-corrected chi connectivity index (χ0v) is 22.0. The van der Waals surface area contributed by atoms with Crippen LogP contribution in [0.4, 0.5) is 13.2 Å². The molecule has 0 bridgehead atoms. The van der Waals surface area contributed by atoms with Crippen molar-refractivity contribution in [2.75, 3.05) is 32.8 Å². The molecule has 7 nitrogen and oxygen atoms in total. The molecule has 2 aromatic rings. The predicted octanol–water partition coefficient (Wildman–Crippen LogP) is 5.25. The zero-order valence-electron chi connectivity index (χ0n) is 21.2. The van der Waals surface area contributed by atoms with Gasteiger partial charge < -0.3 is 14.4 Å². The van der Waals surface area contributed by atoms with Crippen LogP contribution in [0.1, 0.15) is 26.0 Å². The van der Waals surface area contributed by atoms with Crippen molar-refractivity contribution >= 4 is 11.6 Å². The van der Waals surface area contributed by atoms with Crippen LogP contribution in [-0.2, 0) is 18.3 Å². The van der Waals surface area contributed by atoms with Crippen LogP contribution >= 0.6 is 11.6 Å². The van der Waals surface area contributed by atoms with Crippen molar-refractivity contribution in [1.82, 2.24) is 19.2 Å². The highest BCUT2D eigenvalue weighted by atomic mass is 35.5. The summed E-state index contributed by atoms with van der Waals surface area (Å²) in [7, 11) is 1.70. The molecule has 1 aliphatic heterocycles. The first-order valence-corrected chi connectivity index (χ1v) is 12.4. The lowest BCUT2D eigenvalue weighted by molar-refractivity contribution is -0.274. The van der Waals surface area contributed by atoms with E-state index in [0.29, 0.717) is 24.5 Å². The molecule has 0 saturated carbocycles. The smallest absolute Gasteiger partial charge is 0.492 e. The van der Waals surface area contributed by atoms with Gasteiger partial charge in [-0.3, -0.25) is 14.4 Å². The largest absolute Gasteiger partial charge is 0.573 e. The second-order valence-electron chi connectivity index (χ2n) is 8.50. The third kappa shape index (κ3) is 7.01. The molecule has 0 aliphatic carbocycles. The SMILES string of the molecule is C=C/C=C(\C(=C/C)OCCC)N1CCN(Cc2c(Cl)c(=O)n(-c3ccc(OC(F)(F)F)cc3)n2C)CC1. The van der Waals surface area contributed by atoms with Crippen molar-refractivity contribution in [3.63, 3.8) is 0 Å². The van der Waals surface area contributed by atoms with Crippen LogP contribution in [0.25, 0.3) is 5.69 Å². The van der Waals surface area contributed by atoms with Crippen molar-refractivity contribution < 1.29 is 22.6 Å². The van der Waals surface area contributed by atoms with Crippen LogP contribution in [0, 0.1) is 0 Å². The number of hydrogen-bond acceptors (Lipinski definition) is 5. The number of hydrogen-bond donors (Lipinski definition) is 0. The van der Waals surface area contributed by atoms with Crippen LogP contribution in [0.5, 0.6) is 5.75 Å². The lowest BCUT2D eigenvalue weighted by atomic mass is 10.2. The summed E-state index contributed by atoms with van der Waals surface area (Å²) in [6.45, 7) is 11.9. The molecule has 11 heteroatoms. The van der Waals surface area contributed by atoms with E-state index in [4.69, 9.17) is 16.3 Å². The minimum absolute atomic E-state index is 0.0805. The molecule has 2 heterocycles. The quantitative estimate of drug-likeness (QED) is 0.304. The third-order valence-electron chi connectivity index (χ3n) is 5.98. The number of piperazine rings is 1. The molecule has 202 valence electrons. The molecule has 1 aromatic heterocycles. The van der Waals surface area contributed by atoms with Crippen LogP contribution in [0.15, 0.2) is 65.3 Å². The highest BCUT2D eigenvalue weighted by Gasteiger charge is 2.31. The van der Waals surface area contributed by atoms with Crippen LogP contribution in [-0.4, -0.2) is 58.3 Å². The van der Waals surface area contributed by atoms with Gasteiger partial charge in [0.25, 0.3) is 5.56 Å². The van der Waals surface area contributed by atoms with Gasteiger partial charge in [0, 0.05) is 39.8 Å². The number of benzene rings is 1. The Morgan fingerprint density at radius 2 is 1.81 bits per heavy atom. The van der Waals surface area contributed by atoms with Gasteiger partial charge in [0.05, 0.1) is 23.7 Å². The molecule has 0 amide bonds. The summed E-state index contributed by atoms with van der Waals surface area (Å²) in [6.07, 6.45) is 1.78. The fourth-order valence-electron chi connectivity index (χ4n) is 4.20. The number of halogens is 4. The average Bonchev–Trinajstić information content (AvgIpc) is 3.07. The van der Waals surface area contributed by atoms with Gasteiger partial charge in [-0.25, -0.2) is 4.68 Å². The minimum atomic E-state index is -4.79. The minimum Gasteiger partial charge on any atom is -0.492 e. The summed E-state index contributed by atoms with van der Waals surface area (Å²) >= 11 is 6.43. The molecule has 1 fully saturated rings. The third-order valence-corrected chi connectivity index (χ3v) is 6.36. The molecular formula is C26H32ClF3N4O3. The first-order chi connectivity index (χ1) is 17.6. The molecule has 0 N–H and O–H groups in total. The Morgan fingerprint density at radius 3 is 2.35 bits per heavy atom. The highest BCUT2D eigenvalue weighted by molar-refractivity contribution is 6.31. The summed E-state index contributed by atoms with van der Waals surface area (Å²) in [5.41, 5.74) is 1.55. The predicted molar refractivity (Wildman–Crippen MR) is 138 cm³/mol. The first kappa shape index (κ1) is 28.5. The van der Waals surface area contributed by atoms with Crippen molar-refractivity contribution in [2.45, 2.75) is 33.2 Å². The van der Waals surface area contributed by atoms with E-state index in [1.165, 1.54) is 16.8 Å². The fraction of sp³-hybridized carbons (Fsp3) is 0.423. The normalized spacial score (nSPS) is 15.7. The summed E-state index contributed by atoms with van der Waals surface area (Å²) in [5.74, 6) is 0.457. The topological polar surface area (TPSA) is 51.9 Å². The molecule has 0 spiro atoms. The number of rotatable bonds is 10. The summed E-state index contributed by atoms with van der Waals surface area (Å²) in [5, 5.41) is 0.0805. The van der Waals surface area contributed by atoms with E-state index < -0.39 is 11.9 Å². The Kier molecular flexibility index (Phi) is 9.56. The van der Waals surface area contributed by atoms with Crippen molar-refractivity contribution in [3.05, 3.63) is 81.6 Å². The number of alkyl halides is 3. The summed E-state index contributed by atoms with van der Waals surface area (Å²) in [6, 6.07) is 5.09. The van der Waals surface area contributed by atoms with E-state index in [9.17, 15) is 18.0 Å². The molecule has 0 unspecified atom stereocenters. The molecule has 1 aromatic carbocycles. The Morgan fingerprint density at radius 1 is 1.16 bits per heavy atom. The lowest BCUT2D eigenvalue weighted by Crippen LogP contribution is -2.46. The first-order valence-electron chi connectivity index (χ1n) is 12.0. The Balaban J connectivity index is 1.73. The maximum Gasteiger partial charge on any atom is 0.573 e. The van der Waals surface area contributed by atoms with Crippen molar-refractivity contribution in [2.24, 2.45) is 7.05 Å². The summed E-state index contributed by atoms with van der Waals surface area (Å²) in [4.78, 5) is 17.4. The number of aromatic nitrogens is 2. The van der Waals surface area contributed by atoms with Crippen molar-refractivity contribution in [3.8, 4) is 11.4 Å². The Hall–Kier alpha value is -3.11. The van der Waals surface area contributed by atoms with E-state index in [1.54, 1.807) is 17.8 Å². The van der Waals surface area contributed by atoms with Gasteiger partial charge >= 0.3 is 6.36 Å². The molecule has 1 saturated heterocycles. The molecule has 3 rings (SSSR count). The van der Waals surface area contributed by atoms with Gasteiger partial charge in [0.15, 0.2) is 0 Å². The van der Waals surface area contributed by atoms with Crippen LogP contribution < -0.4 is 10.3 Å². The van der Waals surface area contributed by atoms with Gasteiger partial charge in [-0.15, -0.1) is 13.2 Å². The van der Waals surface area contributed by atoms with E-state index in [-0.39, 0.29) is 10.8 Å². The zero-order chi connectivity index (χ0) is 27.2. The molecule has 0 radical (unpaired) electrons. The lowest BCUT2D eigenvalue weighted by Gasteiger charge is -2.37. The Labute approximate surface area is 219 Å². The molecule has 1 aliphatic rings. The van der Waals surface area contributed by atoms with Gasteiger partial charge in [0.2, 0.25) is 0 Å². The monoisotopic (exact) mass is 540 g/mol. The van der Waals surface area contributed by atoms with Gasteiger partial charge in [-0.2, -0.15) is 0 Å². The number of allylic oxidation sites excluding steroid dienone is 3. The second kappa shape index (κ2) is 12.4.